The number of sulfone groups is 1. The molecule has 1 aliphatic heterocycles. The minimum Gasteiger partial charge on any atom is -0.477 e. The molecule has 0 radical (unpaired) electrons. The van der Waals surface area contributed by atoms with Crippen LogP contribution < -0.4 is 0 Å². The van der Waals surface area contributed by atoms with Crippen molar-refractivity contribution in [2.45, 2.75) is 23.6 Å². The number of aryl methyl sites for hydroxylation is 1. The first-order valence-electron chi connectivity index (χ1n) is 6.07. The average molecular weight is 353 g/mol. The lowest BCUT2D eigenvalue weighted by Crippen LogP contribution is -2.37. The van der Waals surface area contributed by atoms with Gasteiger partial charge in [-0.25, -0.2) is 21.6 Å². The number of aromatic carboxylic acids is 1. The quantitative estimate of drug-likeness (QED) is 0.847. The van der Waals surface area contributed by atoms with Gasteiger partial charge in [0.2, 0.25) is 0 Å². The molecule has 2 rings (SSSR count). The summed E-state index contributed by atoms with van der Waals surface area (Å²) in [4.78, 5) is 11.0. The lowest BCUT2D eigenvalue weighted by molar-refractivity contribution is 0.0701. The van der Waals surface area contributed by atoms with Gasteiger partial charge in [-0.2, -0.15) is 4.31 Å². The van der Waals surface area contributed by atoms with E-state index in [1.807, 2.05) is 0 Å². The van der Waals surface area contributed by atoms with Gasteiger partial charge in [-0.3, -0.25) is 0 Å². The zero-order valence-corrected chi connectivity index (χ0v) is 13.9. The highest BCUT2D eigenvalue weighted by Crippen LogP contribution is 2.30. The number of carboxylic acids is 1. The summed E-state index contributed by atoms with van der Waals surface area (Å²) in [5.74, 6) is -1.40. The van der Waals surface area contributed by atoms with Crippen LogP contribution in [-0.2, 0) is 19.9 Å². The number of thiophene rings is 1. The monoisotopic (exact) mass is 353 g/mol. The number of carboxylic acid groups (broad SMARTS) is 1. The molecule has 1 N–H and O–H groups in total. The largest absolute Gasteiger partial charge is 0.477 e. The molecule has 0 spiro atoms. The Balaban J connectivity index is 2.34. The number of hydrogen-bond acceptors (Lipinski definition) is 6. The molecule has 1 aliphatic rings. The third-order valence-corrected chi connectivity index (χ3v) is 8.78. The van der Waals surface area contributed by atoms with Crippen LogP contribution in [0.15, 0.2) is 10.3 Å². The molecule has 0 amide bonds. The van der Waals surface area contributed by atoms with Gasteiger partial charge >= 0.3 is 5.97 Å². The fraction of sp³-hybridized carbons (Fsp3) is 0.545. The minimum absolute atomic E-state index is 0.0264. The molecule has 1 aromatic rings. The second-order valence-corrected chi connectivity index (χ2v) is 10.5. The van der Waals surface area contributed by atoms with E-state index in [0.717, 1.165) is 4.31 Å². The van der Waals surface area contributed by atoms with Crippen LogP contribution in [0, 0.1) is 6.92 Å². The zero-order chi connectivity index (χ0) is 16.0. The summed E-state index contributed by atoms with van der Waals surface area (Å²) in [5, 5.41) is 8.99. The molecule has 0 bridgehead atoms. The van der Waals surface area contributed by atoms with Gasteiger partial charge in [-0.15, -0.1) is 11.3 Å². The Hall–Kier alpha value is -0.970. The normalized spacial score (nSPS) is 21.8. The molecule has 0 aliphatic carbocycles. The first-order chi connectivity index (χ1) is 9.54. The highest BCUT2D eigenvalue weighted by Gasteiger charge is 2.37. The van der Waals surface area contributed by atoms with E-state index in [4.69, 9.17) is 5.11 Å². The third-order valence-electron chi connectivity index (χ3n) is 3.45. The smallest absolute Gasteiger partial charge is 0.346 e. The zero-order valence-electron chi connectivity index (χ0n) is 11.4. The Morgan fingerprint density at radius 2 is 2.10 bits per heavy atom. The third kappa shape index (κ3) is 3.12. The van der Waals surface area contributed by atoms with Crippen LogP contribution in [0.2, 0.25) is 0 Å². The Kier molecular flexibility index (Phi) is 4.17. The van der Waals surface area contributed by atoms with Crippen molar-refractivity contribution in [1.29, 1.82) is 0 Å². The van der Waals surface area contributed by atoms with E-state index in [2.05, 4.69) is 0 Å². The van der Waals surface area contributed by atoms with E-state index >= 15 is 0 Å². The van der Waals surface area contributed by atoms with E-state index in [1.165, 1.54) is 20.0 Å². The van der Waals surface area contributed by atoms with Crippen LogP contribution in [0.25, 0.3) is 0 Å². The molecule has 10 heteroatoms. The van der Waals surface area contributed by atoms with Gasteiger partial charge in [0.15, 0.2) is 9.84 Å². The minimum atomic E-state index is -3.88. The lowest BCUT2D eigenvalue weighted by Gasteiger charge is -2.21. The molecule has 1 atom stereocenters. The molecule has 21 heavy (non-hydrogen) atoms. The Morgan fingerprint density at radius 1 is 1.48 bits per heavy atom. The molecule has 118 valence electrons. The first kappa shape index (κ1) is 16.4. The van der Waals surface area contributed by atoms with Gasteiger partial charge in [-0.1, -0.05) is 0 Å². The number of hydrogen-bond donors (Lipinski definition) is 1. The van der Waals surface area contributed by atoms with Crippen molar-refractivity contribution in [3.8, 4) is 0 Å². The highest BCUT2D eigenvalue weighted by atomic mass is 32.2. The Bertz CT molecular complexity index is 777. The maximum atomic E-state index is 12.5. The molecule has 1 saturated heterocycles. The maximum Gasteiger partial charge on any atom is 0.346 e. The van der Waals surface area contributed by atoms with Crippen molar-refractivity contribution < 1.29 is 26.7 Å². The molecule has 1 fully saturated rings. The second kappa shape index (κ2) is 5.34. The maximum absolute atomic E-state index is 12.5. The summed E-state index contributed by atoms with van der Waals surface area (Å²) in [6.45, 7) is 1.53. The van der Waals surface area contributed by atoms with E-state index in [0.29, 0.717) is 16.9 Å². The van der Waals surface area contributed by atoms with Gasteiger partial charge < -0.3 is 5.11 Å². The van der Waals surface area contributed by atoms with E-state index < -0.39 is 31.9 Å². The predicted molar refractivity (Wildman–Crippen MR) is 78.0 cm³/mol. The topological polar surface area (TPSA) is 109 Å². The predicted octanol–water partition coefficient (Wildman–Crippen LogP) is 0.562. The second-order valence-electron chi connectivity index (χ2n) is 4.96. The van der Waals surface area contributed by atoms with E-state index in [1.54, 1.807) is 0 Å². The van der Waals surface area contributed by atoms with Crippen LogP contribution in [0.3, 0.4) is 0 Å². The Labute approximate surface area is 127 Å². The van der Waals surface area contributed by atoms with Gasteiger partial charge in [0, 0.05) is 13.1 Å². The molecular weight excluding hydrogens is 338 g/mol. The molecular formula is C11H15NO6S3. The van der Waals surface area contributed by atoms with Crippen LogP contribution in [0.5, 0.6) is 0 Å². The van der Waals surface area contributed by atoms with Crippen LogP contribution in [-0.4, -0.2) is 56.8 Å². The number of rotatable bonds is 4. The van der Waals surface area contributed by atoms with Crippen molar-refractivity contribution in [3.63, 3.8) is 0 Å². The first-order valence-corrected chi connectivity index (χ1v) is 10.1. The number of carbonyl (C=O) groups is 1. The lowest BCUT2D eigenvalue weighted by atomic mass is 10.3. The van der Waals surface area contributed by atoms with Gasteiger partial charge in [0.05, 0.1) is 11.5 Å². The van der Waals surface area contributed by atoms with Crippen molar-refractivity contribution >= 4 is 37.2 Å². The molecule has 0 aromatic carbocycles. The van der Waals surface area contributed by atoms with Gasteiger partial charge in [0.1, 0.15) is 9.09 Å². The van der Waals surface area contributed by atoms with Crippen molar-refractivity contribution in [1.82, 2.24) is 4.31 Å². The van der Waals surface area contributed by atoms with Gasteiger partial charge in [-0.05, 0) is 25.0 Å². The van der Waals surface area contributed by atoms with Crippen molar-refractivity contribution in [2.24, 2.45) is 0 Å². The van der Waals surface area contributed by atoms with Crippen molar-refractivity contribution in [3.05, 3.63) is 16.5 Å². The van der Waals surface area contributed by atoms with Crippen molar-refractivity contribution in [2.75, 3.05) is 18.6 Å². The van der Waals surface area contributed by atoms with Crippen LogP contribution in [0.1, 0.15) is 21.7 Å². The Morgan fingerprint density at radius 3 is 2.52 bits per heavy atom. The molecule has 1 unspecified atom stereocenters. The molecule has 7 nitrogen and oxygen atoms in total. The summed E-state index contributed by atoms with van der Waals surface area (Å²) in [6, 6.07) is 0.708. The summed E-state index contributed by atoms with van der Waals surface area (Å²) < 4.78 is 48.8. The van der Waals surface area contributed by atoms with Crippen LogP contribution >= 0.6 is 11.3 Å². The standard InChI is InChI=1S/C11H15NO6S3/c1-7-5-9(19-10(7)11(13)14)21(17,18)12(2)8-3-4-20(15,16)6-8/h5,8H,3-4,6H2,1-2H3,(H,13,14). The summed E-state index contributed by atoms with van der Waals surface area (Å²) in [7, 11) is -5.75. The molecule has 1 aromatic heterocycles. The van der Waals surface area contributed by atoms with E-state index in [9.17, 15) is 21.6 Å². The van der Waals surface area contributed by atoms with Crippen LogP contribution in [0.4, 0.5) is 0 Å². The average Bonchev–Trinajstić information content (AvgIpc) is 2.91. The number of sulfonamides is 1. The molecule has 2 heterocycles. The highest BCUT2D eigenvalue weighted by molar-refractivity contribution is 7.92. The van der Waals surface area contributed by atoms with Gasteiger partial charge in [0.25, 0.3) is 10.0 Å². The number of nitrogens with zero attached hydrogens (tertiary/aromatic N) is 1. The summed E-state index contributed by atoms with van der Waals surface area (Å²) >= 11 is 0.683. The summed E-state index contributed by atoms with van der Waals surface area (Å²) in [5.41, 5.74) is 0.374. The fourth-order valence-electron chi connectivity index (χ4n) is 2.19. The SMILES string of the molecule is Cc1cc(S(=O)(=O)N(C)C2CCS(=O)(=O)C2)sc1C(=O)O. The molecule has 0 saturated carbocycles. The summed E-state index contributed by atoms with van der Waals surface area (Å²) in [6.07, 6.45) is 0.258. The fourth-order valence-corrected chi connectivity index (χ4v) is 7.01. The van der Waals surface area contributed by atoms with E-state index in [-0.39, 0.29) is 27.0 Å².